The summed E-state index contributed by atoms with van der Waals surface area (Å²) in [6.45, 7) is 2.07. The van der Waals surface area contributed by atoms with E-state index in [0.29, 0.717) is 22.9 Å². The molecule has 0 saturated heterocycles. The molecule has 1 heterocycles. The van der Waals surface area contributed by atoms with Crippen LogP contribution in [0.15, 0.2) is 79.0 Å². The molecule has 0 aliphatic rings. The maximum absolute atomic E-state index is 12.5. The molecule has 0 unspecified atom stereocenters. The van der Waals surface area contributed by atoms with Gasteiger partial charge in [0.15, 0.2) is 0 Å². The first-order chi connectivity index (χ1) is 14.6. The van der Waals surface area contributed by atoms with Crippen molar-refractivity contribution in [3.05, 3.63) is 101 Å². The lowest BCUT2D eigenvalue weighted by molar-refractivity contribution is 0.0527. The zero-order valence-electron chi connectivity index (χ0n) is 16.6. The summed E-state index contributed by atoms with van der Waals surface area (Å²) in [5, 5.41) is 4.71. The number of nitrogens with one attached hydrogen (secondary N) is 1. The first-order valence-electron chi connectivity index (χ1n) is 9.79. The van der Waals surface area contributed by atoms with Crippen molar-refractivity contribution in [2.75, 3.05) is 11.9 Å². The number of halogens is 1. The number of aromatic nitrogens is 1. The molecule has 4 aromatic rings. The van der Waals surface area contributed by atoms with Crippen LogP contribution >= 0.6 is 11.6 Å². The van der Waals surface area contributed by atoms with Crippen molar-refractivity contribution in [2.45, 2.75) is 13.3 Å². The van der Waals surface area contributed by atoms with Gasteiger partial charge in [0.2, 0.25) is 0 Å². The highest BCUT2D eigenvalue weighted by Crippen LogP contribution is 2.31. The summed E-state index contributed by atoms with van der Waals surface area (Å²) < 4.78 is 5.22. The molecule has 5 heteroatoms. The fraction of sp³-hybridized carbons (Fsp3) is 0.120. The van der Waals surface area contributed by atoms with Gasteiger partial charge in [-0.2, -0.15) is 0 Å². The van der Waals surface area contributed by atoms with Gasteiger partial charge in [-0.3, -0.25) is 4.98 Å². The molecule has 4 rings (SSSR count). The average molecular weight is 417 g/mol. The molecule has 0 spiro atoms. The van der Waals surface area contributed by atoms with E-state index in [1.54, 1.807) is 25.3 Å². The number of fused-ring (bicyclic) bond motifs is 1. The summed E-state index contributed by atoms with van der Waals surface area (Å²) in [7, 11) is 0. The Labute approximate surface area is 180 Å². The maximum Gasteiger partial charge on any atom is 0.341 e. The zero-order valence-corrected chi connectivity index (χ0v) is 17.3. The quantitative estimate of drug-likeness (QED) is 0.369. The average Bonchev–Trinajstić information content (AvgIpc) is 2.76. The highest BCUT2D eigenvalue weighted by Gasteiger charge is 2.17. The molecule has 0 saturated carbocycles. The third kappa shape index (κ3) is 4.44. The third-order valence-corrected chi connectivity index (χ3v) is 5.03. The van der Waals surface area contributed by atoms with E-state index in [-0.39, 0.29) is 0 Å². The van der Waals surface area contributed by atoms with Crippen LogP contribution in [0.5, 0.6) is 0 Å². The molecule has 0 bridgehead atoms. The van der Waals surface area contributed by atoms with Gasteiger partial charge < -0.3 is 10.1 Å². The van der Waals surface area contributed by atoms with Gasteiger partial charge in [-0.05, 0) is 54.8 Å². The SMILES string of the molecule is CCOC(=O)c1cnc2ccc(Cl)cc2c1Nc1ccc(Cc2ccccc2)cc1. The number of ether oxygens (including phenoxy) is 1. The van der Waals surface area contributed by atoms with Crippen LogP contribution in [-0.2, 0) is 11.2 Å². The molecular formula is C25H21ClN2O2. The first kappa shape index (κ1) is 19.9. The van der Waals surface area contributed by atoms with Gasteiger partial charge in [0.05, 0.1) is 17.8 Å². The number of anilines is 2. The Morgan fingerprint density at radius 3 is 2.47 bits per heavy atom. The lowest BCUT2D eigenvalue weighted by Gasteiger charge is -2.15. The Kier molecular flexibility index (Phi) is 5.96. The Morgan fingerprint density at radius 2 is 1.73 bits per heavy atom. The van der Waals surface area contributed by atoms with Gasteiger partial charge >= 0.3 is 5.97 Å². The Bertz CT molecular complexity index is 1180. The van der Waals surface area contributed by atoms with E-state index >= 15 is 0 Å². The minimum Gasteiger partial charge on any atom is -0.462 e. The summed E-state index contributed by atoms with van der Waals surface area (Å²) in [6.07, 6.45) is 2.41. The molecule has 0 fully saturated rings. The molecule has 0 aliphatic heterocycles. The van der Waals surface area contributed by atoms with E-state index in [2.05, 4.69) is 34.6 Å². The van der Waals surface area contributed by atoms with Crippen molar-refractivity contribution in [1.29, 1.82) is 0 Å². The highest BCUT2D eigenvalue weighted by molar-refractivity contribution is 6.31. The second kappa shape index (κ2) is 8.97. The van der Waals surface area contributed by atoms with Crippen LogP contribution in [0.3, 0.4) is 0 Å². The number of carbonyl (C=O) groups excluding carboxylic acids is 1. The molecule has 30 heavy (non-hydrogen) atoms. The van der Waals surface area contributed by atoms with Crippen LogP contribution in [-0.4, -0.2) is 17.6 Å². The normalized spacial score (nSPS) is 10.7. The molecule has 3 aromatic carbocycles. The van der Waals surface area contributed by atoms with E-state index < -0.39 is 5.97 Å². The molecular weight excluding hydrogens is 396 g/mol. The van der Waals surface area contributed by atoms with Gasteiger partial charge in [0, 0.05) is 22.3 Å². The fourth-order valence-electron chi connectivity index (χ4n) is 3.34. The number of esters is 1. The zero-order chi connectivity index (χ0) is 20.9. The van der Waals surface area contributed by atoms with Crippen LogP contribution in [0.1, 0.15) is 28.4 Å². The molecule has 0 aliphatic carbocycles. The van der Waals surface area contributed by atoms with Gasteiger partial charge in [-0.1, -0.05) is 54.1 Å². The smallest absolute Gasteiger partial charge is 0.341 e. The Hall–Kier alpha value is -3.37. The molecule has 4 nitrogen and oxygen atoms in total. The fourth-order valence-corrected chi connectivity index (χ4v) is 3.52. The summed E-state index contributed by atoms with van der Waals surface area (Å²) in [4.78, 5) is 16.9. The number of nitrogens with zero attached hydrogens (tertiary/aromatic N) is 1. The summed E-state index contributed by atoms with van der Waals surface area (Å²) in [5.74, 6) is -0.421. The standard InChI is InChI=1S/C25H21ClN2O2/c1-2-30-25(29)22-16-27-23-13-10-19(26)15-21(23)24(22)28-20-11-8-18(9-12-20)14-17-6-4-3-5-7-17/h3-13,15-16H,2,14H2,1H3,(H,27,28). The number of hydrogen-bond donors (Lipinski definition) is 1. The van der Waals surface area contributed by atoms with Crippen molar-refractivity contribution in [3.8, 4) is 0 Å². The molecule has 1 aromatic heterocycles. The molecule has 0 atom stereocenters. The van der Waals surface area contributed by atoms with Gasteiger partial charge in [0.1, 0.15) is 5.56 Å². The van der Waals surface area contributed by atoms with Crippen LogP contribution in [0.4, 0.5) is 11.4 Å². The monoisotopic (exact) mass is 416 g/mol. The van der Waals surface area contributed by atoms with Gasteiger partial charge in [-0.25, -0.2) is 4.79 Å². The first-order valence-corrected chi connectivity index (χ1v) is 10.2. The number of hydrogen-bond acceptors (Lipinski definition) is 4. The van der Waals surface area contributed by atoms with Crippen LogP contribution < -0.4 is 5.32 Å². The summed E-state index contributed by atoms with van der Waals surface area (Å²) >= 11 is 6.21. The molecule has 0 amide bonds. The van der Waals surface area contributed by atoms with E-state index in [4.69, 9.17) is 16.3 Å². The van der Waals surface area contributed by atoms with Crippen molar-refractivity contribution in [1.82, 2.24) is 4.98 Å². The lowest BCUT2D eigenvalue weighted by Crippen LogP contribution is -2.09. The van der Waals surface area contributed by atoms with Crippen molar-refractivity contribution in [3.63, 3.8) is 0 Å². The molecule has 0 radical (unpaired) electrons. The highest BCUT2D eigenvalue weighted by atomic mass is 35.5. The van der Waals surface area contributed by atoms with Crippen molar-refractivity contribution < 1.29 is 9.53 Å². The van der Waals surface area contributed by atoms with E-state index in [0.717, 1.165) is 23.0 Å². The maximum atomic E-state index is 12.5. The predicted octanol–water partition coefficient (Wildman–Crippen LogP) is 6.40. The van der Waals surface area contributed by atoms with Crippen LogP contribution in [0.25, 0.3) is 10.9 Å². The van der Waals surface area contributed by atoms with E-state index in [1.807, 2.05) is 36.4 Å². The number of carbonyl (C=O) groups is 1. The second-order valence-corrected chi connectivity index (χ2v) is 7.35. The van der Waals surface area contributed by atoms with Crippen molar-refractivity contribution in [2.24, 2.45) is 0 Å². The van der Waals surface area contributed by atoms with Crippen LogP contribution in [0, 0.1) is 0 Å². The van der Waals surface area contributed by atoms with E-state index in [9.17, 15) is 4.79 Å². The largest absolute Gasteiger partial charge is 0.462 e. The molecule has 1 N–H and O–H groups in total. The summed E-state index contributed by atoms with van der Waals surface area (Å²) in [5.41, 5.74) is 5.09. The Morgan fingerprint density at radius 1 is 1.00 bits per heavy atom. The second-order valence-electron chi connectivity index (χ2n) is 6.91. The topological polar surface area (TPSA) is 51.2 Å². The van der Waals surface area contributed by atoms with Gasteiger partial charge in [0.25, 0.3) is 0 Å². The number of benzene rings is 3. The molecule has 150 valence electrons. The number of rotatable bonds is 6. The minimum atomic E-state index is -0.421. The van der Waals surface area contributed by atoms with Gasteiger partial charge in [-0.15, -0.1) is 0 Å². The minimum absolute atomic E-state index is 0.292. The Balaban J connectivity index is 1.67. The third-order valence-electron chi connectivity index (χ3n) is 4.80. The number of pyridine rings is 1. The van der Waals surface area contributed by atoms with E-state index in [1.165, 1.54) is 11.1 Å². The van der Waals surface area contributed by atoms with Crippen molar-refractivity contribution >= 4 is 39.8 Å². The summed E-state index contributed by atoms with van der Waals surface area (Å²) in [6, 6.07) is 23.9. The van der Waals surface area contributed by atoms with Crippen LogP contribution in [0.2, 0.25) is 5.02 Å². The predicted molar refractivity (Wildman–Crippen MR) is 122 cm³/mol. The lowest BCUT2D eigenvalue weighted by atomic mass is 10.0.